The van der Waals surface area contributed by atoms with Crippen molar-refractivity contribution in [2.75, 3.05) is 16.8 Å². The van der Waals surface area contributed by atoms with Crippen molar-refractivity contribution < 1.29 is 14.4 Å². The van der Waals surface area contributed by atoms with E-state index in [4.69, 9.17) is 0 Å². The summed E-state index contributed by atoms with van der Waals surface area (Å²) in [5.41, 5.74) is 1.26. The Morgan fingerprint density at radius 2 is 2.17 bits per heavy atom. The lowest BCUT2D eigenvalue weighted by molar-refractivity contribution is -0.120. The van der Waals surface area contributed by atoms with E-state index in [0.29, 0.717) is 17.9 Å². The number of amides is 4. The normalized spacial score (nSPS) is 15.3. The molecule has 18 heavy (non-hydrogen) atoms. The number of carbonyl (C=O) groups is 3. The second-order valence-corrected chi connectivity index (χ2v) is 3.99. The number of urea groups is 1. The van der Waals surface area contributed by atoms with Crippen LogP contribution in [-0.2, 0) is 9.59 Å². The molecule has 0 aromatic heterocycles. The summed E-state index contributed by atoms with van der Waals surface area (Å²) in [6.45, 7) is 1.76. The zero-order valence-electron chi connectivity index (χ0n) is 9.90. The Kier molecular flexibility index (Phi) is 3.27. The molecule has 1 fully saturated rings. The van der Waals surface area contributed by atoms with Crippen molar-refractivity contribution in [2.45, 2.75) is 13.3 Å². The minimum Gasteiger partial charge on any atom is -0.326 e. The quantitative estimate of drug-likeness (QED) is 0.821. The number of hydrogen-bond donors (Lipinski definition) is 2. The van der Waals surface area contributed by atoms with E-state index < -0.39 is 6.03 Å². The smallest absolute Gasteiger partial charge is 0.326 e. The van der Waals surface area contributed by atoms with Gasteiger partial charge in [-0.1, -0.05) is 6.07 Å². The van der Waals surface area contributed by atoms with Gasteiger partial charge in [-0.15, -0.1) is 0 Å². The van der Waals surface area contributed by atoms with E-state index in [1.807, 2.05) is 0 Å². The Hall–Kier alpha value is -2.37. The van der Waals surface area contributed by atoms with Crippen LogP contribution < -0.4 is 15.5 Å². The summed E-state index contributed by atoms with van der Waals surface area (Å²) in [4.78, 5) is 35.1. The average Bonchev–Trinajstić information content (AvgIpc) is 2.28. The molecule has 1 aromatic rings. The van der Waals surface area contributed by atoms with Crippen LogP contribution in [0.5, 0.6) is 0 Å². The molecule has 6 heteroatoms. The fourth-order valence-electron chi connectivity index (χ4n) is 1.77. The summed E-state index contributed by atoms with van der Waals surface area (Å²) in [5.74, 6) is -0.445. The zero-order chi connectivity index (χ0) is 13.1. The van der Waals surface area contributed by atoms with Crippen molar-refractivity contribution in [3.63, 3.8) is 0 Å². The topological polar surface area (TPSA) is 78.5 Å². The van der Waals surface area contributed by atoms with Crippen LogP contribution in [0, 0.1) is 0 Å². The van der Waals surface area contributed by atoms with Gasteiger partial charge in [-0.3, -0.25) is 19.8 Å². The van der Waals surface area contributed by atoms with Gasteiger partial charge in [0.2, 0.25) is 11.8 Å². The Morgan fingerprint density at radius 3 is 2.83 bits per heavy atom. The van der Waals surface area contributed by atoms with Gasteiger partial charge < -0.3 is 5.32 Å². The highest BCUT2D eigenvalue weighted by Crippen LogP contribution is 2.21. The minimum absolute atomic E-state index is 0.176. The maximum atomic E-state index is 11.6. The zero-order valence-corrected chi connectivity index (χ0v) is 9.90. The van der Waals surface area contributed by atoms with Gasteiger partial charge >= 0.3 is 6.03 Å². The van der Waals surface area contributed by atoms with Gasteiger partial charge in [0, 0.05) is 31.3 Å². The molecule has 0 saturated carbocycles. The van der Waals surface area contributed by atoms with Crippen molar-refractivity contribution in [1.82, 2.24) is 5.32 Å². The highest BCUT2D eigenvalue weighted by molar-refractivity contribution is 6.05. The summed E-state index contributed by atoms with van der Waals surface area (Å²) in [7, 11) is 0. The maximum absolute atomic E-state index is 11.6. The fraction of sp³-hybridized carbons (Fsp3) is 0.250. The molecule has 6 nitrogen and oxygen atoms in total. The summed E-state index contributed by atoms with van der Waals surface area (Å²) >= 11 is 0. The molecule has 94 valence electrons. The summed E-state index contributed by atoms with van der Waals surface area (Å²) in [6, 6.07) is 6.48. The molecule has 1 aromatic carbocycles. The van der Waals surface area contributed by atoms with E-state index in [0.717, 1.165) is 0 Å². The summed E-state index contributed by atoms with van der Waals surface area (Å²) < 4.78 is 0. The van der Waals surface area contributed by atoms with Gasteiger partial charge in [0.1, 0.15) is 0 Å². The first-order valence-corrected chi connectivity index (χ1v) is 5.55. The number of nitrogens with zero attached hydrogens (tertiary/aromatic N) is 1. The molecule has 2 rings (SSSR count). The molecule has 0 aliphatic carbocycles. The molecule has 1 heterocycles. The van der Waals surface area contributed by atoms with Crippen molar-refractivity contribution in [3.05, 3.63) is 24.3 Å². The van der Waals surface area contributed by atoms with Gasteiger partial charge in [0.05, 0.1) is 0 Å². The van der Waals surface area contributed by atoms with Crippen molar-refractivity contribution in [3.8, 4) is 0 Å². The average molecular weight is 247 g/mol. The molecular weight excluding hydrogens is 234 g/mol. The second kappa shape index (κ2) is 4.87. The Labute approximate surface area is 104 Å². The Bertz CT molecular complexity index is 513. The first-order valence-electron chi connectivity index (χ1n) is 5.55. The number of nitrogens with one attached hydrogen (secondary N) is 2. The highest BCUT2D eigenvalue weighted by atomic mass is 16.2. The van der Waals surface area contributed by atoms with Crippen LogP contribution in [0.4, 0.5) is 16.2 Å². The van der Waals surface area contributed by atoms with E-state index in [-0.39, 0.29) is 18.2 Å². The molecule has 2 N–H and O–H groups in total. The van der Waals surface area contributed by atoms with E-state index in [1.54, 1.807) is 24.3 Å². The first-order chi connectivity index (χ1) is 8.56. The van der Waals surface area contributed by atoms with Crippen LogP contribution in [0.15, 0.2) is 24.3 Å². The molecular formula is C12H13N3O3. The molecule has 0 spiro atoms. The van der Waals surface area contributed by atoms with Crippen LogP contribution >= 0.6 is 0 Å². The van der Waals surface area contributed by atoms with Gasteiger partial charge in [-0.2, -0.15) is 0 Å². The third kappa shape index (κ3) is 2.65. The summed E-state index contributed by atoms with van der Waals surface area (Å²) in [5, 5.41) is 4.89. The molecule has 0 bridgehead atoms. The van der Waals surface area contributed by atoms with Gasteiger partial charge in [0.25, 0.3) is 0 Å². The van der Waals surface area contributed by atoms with Gasteiger partial charge in [-0.05, 0) is 18.2 Å². The lowest BCUT2D eigenvalue weighted by Crippen LogP contribution is -2.49. The predicted molar refractivity (Wildman–Crippen MR) is 66.2 cm³/mol. The van der Waals surface area contributed by atoms with Crippen LogP contribution in [0.25, 0.3) is 0 Å². The molecule has 0 radical (unpaired) electrons. The van der Waals surface area contributed by atoms with Gasteiger partial charge in [-0.25, -0.2) is 4.79 Å². The third-order valence-electron chi connectivity index (χ3n) is 2.53. The largest absolute Gasteiger partial charge is 0.328 e. The van der Waals surface area contributed by atoms with E-state index in [1.165, 1.54) is 11.8 Å². The van der Waals surface area contributed by atoms with E-state index in [2.05, 4.69) is 10.6 Å². The SMILES string of the molecule is CC(=O)Nc1cccc(N2CCC(=O)NC2=O)c1. The monoisotopic (exact) mass is 247 g/mol. The predicted octanol–water partition coefficient (Wildman–Crippen LogP) is 1.09. The minimum atomic E-state index is -0.439. The number of imide groups is 1. The van der Waals surface area contributed by atoms with E-state index in [9.17, 15) is 14.4 Å². The third-order valence-corrected chi connectivity index (χ3v) is 2.53. The second-order valence-electron chi connectivity index (χ2n) is 3.99. The molecule has 4 amide bonds. The van der Waals surface area contributed by atoms with Crippen LogP contribution in [-0.4, -0.2) is 24.4 Å². The number of benzene rings is 1. The lowest BCUT2D eigenvalue weighted by Gasteiger charge is -2.26. The molecule has 1 aliphatic rings. The number of hydrogen-bond acceptors (Lipinski definition) is 3. The Morgan fingerprint density at radius 1 is 1.39 bits per heavy atom. The fourth-order valence-corrected chi connectivity index (χ4v) is 1.77. The first kappa shape index (κ1) is 12.1. The standard InChI is InChI=1S/C12H13N3O3/c1-8(16)13-9-3-2-4-10(7-9)15-6-5-11(17)14-12(15)18/h2-4,7H,5-6H2,1H3,(H,13,16)(H,14,17,18). The van der Waals surface area contributed by atoms with Crippen LogP contribution in [0.3, 0.4) is 0 Å². The molecule has 1 aliphatic heterocycles. The van der Waals surface area contributed by atoms with Crippen molar-refractivity contribution in [1.29, 1.82) is 0 Å². The molecule has 1 saturated heterocycles. The van der Waals surface area contributed by atoms with Crippen molar-refractivity contribution >= 4 is 29.2 Å². The maximum Gasteiger partial charge on any atom is 0.328 e. The Balaban J connectivity index is 2.20. The number of rotatable bonds is 2. The van der Waals surface area contributed by atoms with Crippen LogP contribution in [0.1, 0.15) is 13.3 Å². The van der Waals surface area contributed by atoms with Gasteiger partial charge in [0.15, 0.2) is 0 Å². The van der Waals surface area contributed by atoms with Crippen LogP contribution in [0.2, 0.25) is 0 Å². The molecule has 0 unspecified atom stereocenters. The summed E-state index contributed by atoms with van der Waals surface area (Å²) in [6.07, 6.45) is 0.274. The molecule has 0 atom stereocenters. The number of carbonyl (C=O) groups excluding carboxylic acids is 3. The number of anilines is 2. The lowest BCUT2D eigenvalue weighted by atomic mass is 10.2. The van der Waals surface area contributed by atoms with Crippen molar-refractivity contribution in [2.24, 2.45) is 0 Å². The highest BCUT2D eigenvalue weighted by Gasteiger charge is 2.24. The van der Waals surface area contributed by atoms with E-state index >= 15 is 0 Å².